The van der Waals surface area contributed by atoms with Crippen LogP contribution in [0.4, 0.5) is 5.69 Å². The fourth-order valence-electron chi connectivity index (χ4n) is 3.77. The van der Waals surface area contributed by atoms with Crippen LogP contribution in [0.3, 0.4) is 0 Å². The number of nitrogens with zero attached hydrogens (tertiary/aromatic N) is 4. The van der Waals surface area contributed by atoms with Gasteiger partial charge < -0.3 is 9.42 Å². The maximum absolute atomic E-state index is 13.4. The molecular weight excluding hydrogens is 435 g/mol. The summed E-state index contributed by atoms with van der Waals surface area (Å²) in [4.78, 5) is 23.7. The molecule has 31 heavy (non-hydrogen) atoms. The Kier molecular flexibility index (Phi) is 5.18. The maximum Gasteiger partial charge on any atom is 0.295 e. The predicted molar refractivity (Wildman–Crippen MR) is 118 cm³/mol. The van der Waals surface area contributed by atoms with Crippen molar-refractivity contribution < 1.29 is 9.32 Å². The third-order valence-electron chi connectivity index (χ3n) is 5.28. The zero-order valence-corrected chi connectivity index (χ0v) is 17.7. The summed E-state index contributed by atoms with van der Waals surface area (Å²) < 4.78 is 5.30. The Labute approximate surface area is 188 Å². The van der Waals surface area contributed by atoms with Crippen molar-refractivity contribution >= 4 is 34.7 Å². The molecule has 0 fully saturated rings. The van der Waals surface area contributed by atoms with E-state index >= 15 is 0 Å². The number of carbonyl (C=O) groups is 1. The van der Waals surface area contributed by atoms with Crippen molar-refractivity contribution in [1.29, 1.82) is 0 Å². The Morgan fingerprint density at radius 3 is 2.55 bits per heavy atom. The van der Waals surface area contributed by atoms with Crippen molar-refractivity contribution in [3.8, 4) is 11.4 Å². The summed E-state index contributed by atoms with van der Waals surface area (Å²) in [7, 11) is 0. The third-order valence-corrected chi connectivity index (χ3v) is 6.02. The van der Waals surface area contributed by atoms with Crippen LogP contribution >= 0.6 is 23.2 Å². The van der Waals surface area contributed by atoms with Gasteiger partial charge in [0.05, 0.1) is 5.92 Å². The minimum atomic E-state index is -0.629. The number of fused-ring (bicyclic) bond motifs is 1. The Morgan fingerprint density at radius 1 is 1.03 bits per heavy atom. The SMILES string of the molecule is O=C(c1nc(-c2ccncc2)no1)C1c2ccccc2N(Cc2ccc(Cl)cc2)C1Cl. The Bertz CT molecular complexity index is 1230. The van der Waals surface area contributed by atoms with E-state index in [9.17, 15) is 4.79 Å². The van der Waals surface area contributed by atoms with Crippen molar-refractivity contribution in [2.75, 3.05) is 4.90 Å². The molecule has 0 saturated carbocycles. The van der Waals surface area contributed by atoms with Crippen LogP contribution < -0.4 is 4.90 Å². The minimum Gasteiger partial charge on any atom is -0.350 e. The zero-order valence-electron chi connectivity index (χ0n) is 16.2. The van der Waals surface area contributed by atoms with Gasteiger partial charge in [-0.05, 0) is 41.5 Å². The molecule has 4 aromatic rings. The second-order valence-corrected chi connectivity index (χ2v) is 8.07. The van der Waals surface area contributed by atoms with Gasteiger partial charge in [0.25, 0.3) is 5.89 Å². The first kappa shape index (κ1) is 19.7. The quantitative estimate of drug-likeness (QED) is 0.232. The normalized spacial score (nSPS) is 17.5. The lowest BCUT2D eigenvalue weighted by molar-refractivity contribution is 0.0917. The lowest BCUT2D eigenvalue weighted by Crippen LogP contribution is -2.32. The van der Waals surface area contributed by atoms with E-state index in [-0.39, 0.29) is 11.7 Å². The molecule has 6 nitrogen and oxygen atoms in total. The molecule has 2 aromatic heterocycles. The monoisotopic (exact) mass is 450 g/mol. The highest BCUT2D eigenvalue weighted by atomic mass is 35.5. The van der Waals surface area contributed by atoms with Gasteiger partial charge in [-0.15, -0.1) is 0 Å². The first-order valence-corrected chi connectivity index (χ1v) is 10.5. The van der Waals surface area contributed by atoms with Crippen molar-refractivity contribution in [1.82, 2.24) is 15.1 Å². The second kappa shape index (κ2) is 8.13. The number of Topliss-reactive ketones (excluding diaryl/α,β-unsaturated/α-hetero) is 1. The smallest absolute Gasteiger partial charge is 0.295 e. The Balaban J connectivity index is 1.46. The molecule has 1 aliphatic rings. The number of anilines is 1. The molecule has 0 aliphatic carbocycles. The van der Waals surface area contributed by atoms with E-state index in [4.69, 9.17) is 27.7 Å². The molecule has 0 spiro atoms. The van der Waals surface area contributed by atoms with E-state index in [0.29, 0.717) is 17.4 Å². The summed E-state index contributed by atoms with van der Waals surface area (Å²) in [6.07, 6.45) is 3.26. The highest BCUT2D eigenvalue weighted by Gasteiger charge is 2.43. The number of aromatic nitrogens is 3. The van der Waals surface area contributed by atoms with E-state index < -0.39 is 11.4 Å². The van der Waals surface area contributed by atoms with Crippen LogP contribution in [0.2, 0.25) is 5.02 Å². The number of rotatable bonds is 5. The number of hydrogen-bond acceptors (Lipinski definition) is 6. The Morgan fingerprint density at radius 2 is 1.77 bits per heavy atom. The number of benzene rings is 2. The van der Waals surface area contributed by atoms with Crippen LogP contribution in [0.1, 0.15) is 27.7 Å². The predicted octanol–water partition coefficient (Wildman–Crippen LogP) is 5.34. The maximum atomic E-state index is 13.4. The highest BCUT2D eigenvalue weighted by molar-refractivity contribution is 6.30. The molecule has 2 aromatic carbocycles. The van der Waals surface area contributed by atoms with Crippen LogP contribution in [0.25, 0.3) is 11.4 Å². The fourth-order valence-corrected chi connectivity index (χ4v) is 4.32. The van der Waals surface area contributed by atoms with Gasteiger partial charge in [-0.2, -0.15) is 4.98 Å². The van der Waals surface area contributed by atoms with Crippen LogP contribution in [-0.4, -0.2) is 26.4 Å². The van der Waals surface area contributed by atoms with Crippen LogP contribution in [-0.2, 0) is 6.54 Å². The van der Waals surface area contributed by atoms with Crippen molar-refractivity contribution in [3.05, 3.63) is 95.1 Å². The molecule has 0 radical (unpaired) electrons. The summed E-state index contributed by atoms with van der Waals surface area (Å²) in [5.74, 6) is -0.665. The number of halogens is 2. The van der Waals surface area contributed by atoms with Crippen molar-refractivity contribution in [3.63, 3.8) is 0 Å². The van der Waals surface area contributed by atoms with Gasteiger partial charge >= 0.3 is 0 Å². The molecule has 0 bridgehead atoms. The van der Waals surface area contributed by atoms with E-state index in [1.54, 1.807) is 24.5 Å². The van der Waals surface area contributed by atoms with Gasteiger partial charge in [0.2, 0.25) is 11.6 Å². The Hall–Kier alpha value is -3.22. The van der Waals surface area contributed by atoms with Gasteiger partial charge in [-0.3, -0.25) is 9.78 Å². The molecule has 8 heteroatoms. The molecule has 0 saturated heterocycles. The molecular formula is C23H16Cl2N4O2. The zero-order chi connectivity index (χ0) is 21.4. The van der Waals surface area contributed by atoms with Crippen LogP contribution in [0, 0.1) is 0 Å². The van der Waals surface area contributed by atoms with Gasteiger partial charge in [0.15, 0.2) is 0 Å². The number of para-hydroxylation sites is 1. The molecule has 2 atom stereocenters. The van der Waals surface area contributed by atoms with E-state index in [2.05, 4.69) is 15.1 Å². The topological polar surface area (TPSA) is 72.1 Å². The lowest BCUT2D eigenvalue weighted by Gasteiger charge is -2.25. The van der Waals surface area contributed by atoms with E-state index in [1.807, 2.05) is 53.4 Å². The molecule has 0 amide bonds. The molecule has 154 valence electrons. The molecule has 2 unspecified atom stereocenters. The van der Waals surface area contributed by atoms with Crippen molar-refractivity contribution in [2.24, 2.45) is 0 Å². The average Bonchev–Trinajstić information content (AvgIpc) is 3.40. The van der Waals surface area contributed by atoms with Gasteiger partial charge in [-0.1, -0.05) is 58.7 Å². The average molecular weight is 451 g/mol. The second-order valence-electron chi connectivity index (χ2n) is 7.19. The summed E-state index contributed by atoms with van der Waals surface area (Å²) in [5.41, 5.74) is 2.90. The molecule has 3 heterocycles. The third kappa shape index (κ3) is 3.69. The van der Waals surface area contributed by atoms with Gasteiger partial charge in [0.1, 0.15) is 5.50 Å². The first-order valence-electron chi connectivity index (χ1n) is 9.64. The summed E-state index contributed by atoms with van der Waals surface area (Å²) >= 11 is 12.8. The summed E-state index contributed by atoms with van der Waals surface area (Å²) in [5, 5.41) is 4.62. The molecule has 1 aliphatic heterocycles. The lowest BCUT2D eigenvalue weighted by atomic mass is 9.96. The summed E-state index contributed by atoms with van der Waals surface area (Å²) in [6.45, 7) is 0.540. The summed E-state index contributed by atoms with van der Waals surface area (Å²) in [6, 6.07) is 18.8. The molecule has 5 rings (SSSR count). The minimum absolute atomic E-state index is 0.0643. The fraction of sp³-hybridized carbons (Fsp3) is 0.130. The number of hydrogen-bond donors (Lipinski definition) is 0. The number of carbonyl (C=O) groups excluding carboxylic acids is 1. The number of ketones is 1. The first-order chi connectivity index (χ1) is 15.1. The highest BCUT2D eigenvalue weighted by Crippen LogP contribution is 2.45. The number of pyridine rings is 1. The van der Waals surface area contributed by atoms with Crippen LogP contribution in [0.15, 0.2) is 77.6 Å². The standard InChI is InChI=1S/C23H16Cl2N4O2/c24-16-7-5-14(6-8-16)13-29-18-4-2-1-3-17(18)19(21(29)25)20(30)23-27-22(28-31-23)15-9-11-26-12-10-15/h1-12,19,21H,13H2. The van der Waals surface area contributed by atoms with Gasteiger partial charge in [-0.25, -0.2) is 0 Å². The van der Waals surface area contributed by atoms with E-state index in [1.165, 1.54) is 0 Å². The van der Waals surface area contributed by atoms with E-state index in [0.717, 1.165) is 22.4 Å². The van der Waals surface area contributed by atoms with Crippen LogP contribution in [0.5, 0.6) is 0 Å². The largest absolute Gasteiger partial charge is 0.350 e. The number of alkyl halides is 1. The van der Waals surface area contributed by atoms with Gasteiger partial charge in [0, 0.05) is 35.2 Å². The molecule has 0 N–H and O–H groups in total. The van der Waals surface area contributed by atoms with Crippen molar-refractivity contribution in [2.45, 2.75) is 18.0 Å².